The molecule has 0 fully saturated rings. The summed E-state index contributed by atoms with van der Waals surface area (Å²) in [5.41, 5.74) is 2.87. The van der Waals surface area contributed by atoms with Crippen LogP contribution in [0.1, 0.15) is 22.7 Å². The second-order valence-electron chi connectivity index (χ2n) is 6.65. The zero-order valence-electron chi connectivity index (χ0n) is 14.8. The van der Waals surface area contributed by atoms with Crippen LogP contribution in [0.3, 0.4) is 0 Å². The Bertz CT molecular complexity index is 1050. The smallest absolute Gasteiger partial charge is 0.290 e. The van der Waals surface area contributed by atoms with Crippen molar-refractivity contribution in [2.24, 2.45) is 0 Å². The molecule has 0 radical (unpaired) electrons. The number of carbonyl (C=O) groups is 1. The van der Waals surface area contributed by atoms with Gasteiger partial charge >= 0.3 is 0 Å². The lowest BCUT2D eigenvalue weighted by atomic mass is 9.93. The monoisotopic (exact) mass is 393 g/mol. The minimum absolute atomic E-state index is 0.233. The summed E-state index contributed by atoms with van der Waals surface area (Å²) >= 11 is 6.19. The van der Waals surface area contributed by atoms with Crippen LogP contribution in [0.2, 0.25) is 5.02 Å². The highest BCUT2D eigenvalue weighted by Gasteiger charge is 2.41. The quantitative estimate of drug-likeness (QED) is 0.633. The largest absolute Gasteiger partial charge is 0.503 e. The maximum Gasteiger partial charge on any atom is 0.290 e. The van der Waals surface area contributed by atoms with Crippen LogP contribution >= 0.6 is 11.6 Å². The lowest BCUT2D eigenvalue weighted by Crippen LogP contribution is -2.29. The van der Waals surface area contributed by atoms with Gasteiger partial charge < -0.3 is 10.0 Å². The molecule has 3 nitrogen and oxygen atoms in total. The Hall–Kier alpha value is -3.11. The van der Waals surface area contributed by atoms with E-state index in [0.717, 1.165) is 16.7 Å². The van der Waals surface area contributed by atoms with Crippen LogP contribution in [0.5, 0.6) is 0 Å². The molecule has 140 valence electrons. The first kappa shape index (κ1) is 18.3. The summed E-state index contributed by atoms with van der Waals surface area (Å²) in [5, 5.41) is 11.2. The molecular weight excluding hydrogens is 377 g/mol. The topological polar surface area (TPSA) is 40.5 Å². The van der Waals surface area contributed by atoms with Gasteiger partial charge in [0, 0.05) is 17.1 Å². The van der Waals surface area contributed by atoms with Gasteiger partial charge in [0.25, 0.3) is 5.91 Å². The molecule has 4 rings (SSSR count). The summed E-state index contributed by atoms with van der Waals surface area (Å²) in [6.45, 7) is 0.233. The van der Waals surface area contributed by atoms with Gasteiger partial charge in [0.05, 0.1) is 6.04 Å². The lowest BCUT2D eigenvalue weighted by molar-refractivity contribution is -0.130. The maximum atomic E-state index is 13.3. The predicted octanol–water partition coefficient (Wildman–Crippen LogP) is 5.53. The Morgan fingerprint density at radius 2 is 1.68 bits per heavy atom. The van der Waals surface area contributed by atoms with Gasteiger partial charge in [-0.3, -0.25) is 4.79 Å². The van der Waals surface area contributed by atoms with Crippen molar-refractivity contribution in [2.45, 2.75) is 12.6 Å². The molecule has 1 unspecified atom stereocenters. The van der Waals surface area contributed by atoms with Gasteiger partial charge in [-0.05, 0) is 41.0 Å². The van der Waals surface area contributed by atoms with Gasteiger partial charge in [0.1, 0.15) is 5.82 Å². The third-order valence-corrected chi connectivity index (χ3v) is 5.05. The third-order valence-electron chi connectivity index (χ3n) is 4.82. The Balaban J connectivity index is 1.81. The lowest BCUT2D eigenvalue weighted by Gasteiger charge is -2.27. The number of nitrogens with zero attached hydrogens (tertiary/aromatic N) is 1. The van der Waals surface area contributed by atoms with E-state index in [1.165, 1.54) is 12.1 Å². The highest BCUT2D eigenvalue weighted by Crippen LogP contribution is 2.44. The Labute approximate surface area is 167 Å². The number of rotatable bonds is 4. The number of halogens is 2. The van der Waals surface area contributed by atoms with E-state index < -0.39 is 11.9 Å². The van der Waals surface area contributed by atoms with Crippen molar-refractivity contribution in [2.75, 3.05) is 0 Å². The van der Waals surface area contributed by atoms with Crippen LogP contribution in [0, 0.1) is 5.82 Å². The molecule has 1 aliphatic heterocycles. The molecule has 1 N–H and O–H groups in total. The summed E-state index contributed by atoms with van der Waals surface area (Å²) in [4.78, 5) is 14.5. The maximum absolute atomic E-state index is 13.3. The van der Waals surface area contributed by atoms with E-state index >= 15 is 0 Å². The Kier molecular flexibility index (Phi) is 4.88. The van der Waals surface area contributed by atoms with Gasteiger partial charge in [-0.1, -0.05) is 66.2 Å². The van der Waals surface area contributed by atoms with Crippen LogP contribution in [0.25, 0.3) is 5.57 Å². The molecule has 28 heavy (non-hydrogen) atoms. The number of aliphatic hydroxyl groups excluding tert-OH is 1. The first-order valence-electron chi connectivity index (χ1n) is 8.84. The van der Waals surface area contributed by atoms with E-state index in [1.807, 2.05) is 42.5 Å². The Morgan fingerprint density at radius 3 is 2.36 bits per heavy atom. The van der Waals surface area contributed by atoms with E-state index in [1.54, 1.807) is 29.2 Å². The average Bonchev–Trinajstić information content (AvgIpc) is 2.95. The molecule has 3 aromatic carbocycles. The third kappa shape index (κ3) is 3.39. The van der Waals surface area contributed by atoms with Crippen molar-refractivity contribution < 1.29 is 14.3 Å². The molecule has 0 saturated heterocycles. The second-order valence-corrected chi connectivity index (χ2v) is 7.08. The van der Waals surface area contributed by atoms with E-state index in [9.17, 15) is 14.3 Å². The van der Waals surface area contributed by atoms with Crippen molar-refractivity contribution in [3.05, 3.63) is 112 Å². The van der Waals surface area contributed by atoms with Crippen molar-refractivity contribution in [1.29, 1.82) is 0 Å². The summed E-state index contributed by atoms with van der Waals surface area (Å²) in [6, 6.07) is 22.0. The summed E-state index contributed by atoms with van der Waals surface area (Å²) in [6.07, 6.45) is 0. The summed E-state index contributed by atoms with van der Waals surface area (Å²) in [7, 11) is 0. The molecule has 0 saturated carbocycles. The first-order valence-corrected chi connectivity index (χ1v) is 9.22. The molecule has 1 atom stereocenters. The molecule has 0 bridgehead atoms. The highest BCUT2D eigenvalue weighted by molar-refractivity contribution is 6.30. The van der Waals surface area contributed by atoms with Gasteiger partial charge in [-0.15, -0.1) is 0 Å². The van der Waals surface area contributed by atoms with Crippen molar-refractivity contribution in [1.82, 2.24) is 4.90 Å². The number of amides is 1. The van der Waals surface area contributed by atoms with Crippen molar-refractivity contribution >= 4 is 23.1 Å². The van der Waals surface area contributed by atoms with Crippen LogP contribution in [-0.2, 0) is 11.3 Å². The molecule has 1 amide bonds. The van der Waals surface area contributed by atoms with Gasteiger partial charge in [-0.25, -0.2) is 4.39 Å². The van der Waals surface area contributed by atoms with Crippen molar-refractivity contribution in [3.63, 3.8) is 0 Å². The van der Waals surface area contributed by atoms with Crippen molar-refractivity contribution in [3.8, 4) is 0 Å². The molecule has 0 aromatic heterocycles. The SMILES string of the molecule is O=C1C(O)=C(c2ccccc2)C(c2cccc(Cl)c2)N1Cc1ccc(F)cc1. The predicted molar refractivity (Wildman–Crippen MR) is 107 cm³/mol. The zero-order valence-corrected chi connectivity index (χ0v) is 15.6. The minimum atomic E-state index is -0.501. The van der Waals surface area contributed by atoms with Gasteiger partial charge in [0.2, 0.25) is 0 Å². The molecular formula is C23H17ClFNO2. The normalized spacial score (nSPS) is 16.7. The van der Waals surface area contributed by atoms with Crippen LogP contribution in [0.4, 0.5) is 4.39 Å². The molecule has 5 heteroatoms. The fraction of sp³-hybridized carbons (Fsp3) is 0.0870. The van der Waals surface area contributed by atoms with Crippen LogP contribution < -0.4 is 0 Å². The first-order chi connectivity index (χ1) is 13.5. The van der Waals surface area contributed by atoms with E-state index in [4.69, 9.17) is 11.6 Å². The summed E-state index contributed by atoms with van der Waals surface area (Å²) in [5.74, 6) is -1.08. The number of hydrogen-bond acceptors (Lipinski definition) is 2. The molecule has 0 aliphatic carbocycles. The van der Waals surface area contributed by atoms with Crippen LogP contribution in [-0.4, -0.2) is 15.9 Å². The fourth-order valence-electron chi connectivity index (χ4n) is 3.54. The number of aliphatic hydroxyl groups is 1. The molecule has 1 aliphatic rings. The van der Waals surface area contributed by atoms with Gasteiger partial charge in [-0.2, -0.15) is 0 Å². The van der Waals surface area contributed by atoms with E-state index in [2.05, 4.69) is 0 Å². The van der Waals surface area contributed by atoms with Gasteiger partial charge in [0.15, 0.2) is 5.76 Å². The average molecular weight is 394 g/mol. The fourth-order valence-corrected chi connectivity index (χ4v) is 3.74. The molecule has 1 heterocycles. The second kappa shape index (κ2) is 7.49. The summed E-state index contributed by atoms with van der Waals surface area (Å²) < 4.78 is 13.3. The van der Waals surface area contributed by atoms with Crippen LogP contribution in [0.15, 0.2) is 84.6 Å². The number of hydrogen-bond donors (Lipinski definition) is 1. The minimum Gasteiger partial charge on any atom is -0.503 e. The number of benzene rings is 3. The molecule has 0 spiro atoms. The standard InChI is InChI=1S/C23H17ClFNO2/c24-18-8-4-7-17(13-18)21-20(16-5-2-1-3-6-16)22(27)23(28)26(21)14-15-9-11-19(25)12-10-15/h1-13,21,27H,14H2. The van der Waals surface area contributed by atoms with E-state index in [-0.39, 0.29) is 18.1 Å². The Morgan fingerprint density at radius 1 is 0.964 bits per heavy atom. The zero-order chi connectivity index (χ0) is 19.7. The number of carbonyl (C=O) groups excluding carboxylic acids is 1. The molecule has 3 aromatic rings. The van der Waals surface area contributed by atoms with E-state index in [0.29, 0.717) is 10.6 Å². The highest BCUT2D eigenvalue weighted by atomic mass is 35.5.